The van der Waals surface area contributed by atoms with E-state index in [2.05, 4.69) is 10.0 Å². The first kappa shape index (κ1) is 22.3. The predicted octanol–water partition coefficient (Wildman–Crippen LogP) is 3.13. The van der Waals surface area contributed by atoms with Gasteiger partial charge in [0.2, 0.25) is 15.9 Å². The van der Waals surface area contributed by atoms with E-state index in [0.717, 1.165) is 0 Å². The largest absolute Gasteiger partial charge is 0.339 e. The number of carbonyl (C=O) groups is 2. The lowest BCUT2D eigenvalue weighted by atomic mass is 9.95. The van der Waals surface area contributed by atoms with Crippen LogP contribution in [0.3, 0.4) is 0 Å². The van der Waals surface area contributed by atoms with Crippen LogP contribution >= 0.6 is 11.6 Å². The van der Waals surface area contributed by atoms with Crippen molar-refractivity contribution in [1.29, 1.82) is 0 Å². The van der Waals surface area contributed by atoms with Crippen molar-refractivity contribution in [3.05, 3.63) is 59.1 Å². The van der Waals surface area contributed by atoms with Crippen LogP contribution in [-0.2, 0) is 14.8 Å². The number of amides is 2. The summed E-state index contributed by atoms with van der Waals surface area (Å²) in [4.78, 5) is 27.1. The quantitative estimate of drug-likeness (QED) is 0.708. The fourth-order valence-corrected chi connectivity index (χ4v) is 4.64. The Bertz CT molecular complexity index is 1020. The highest BCUT2D eigenvalue weighted by Crippen LogP contribution is 2.24. The van der Waals surface area contributed by atoms with Crippen LogP contribution < -0.4 is 10.0 Å². The minimum absolute atomic E-state index is 0.128. The van der Waals surface area contributed by atoms with Crippen LogP contribution in [0, 0.1) is 5.92 Å². The van der Waals surface area contributed by atoms with Gasteiger partial charge in [-0.15, -0.1) is 0 Å². The SMILES string of the molecule is CCNS(=O)(=O)c1ccc(NC(=O)C2CCN(C(=O)c3ccccc3Cl)CC2)cc1. The van der Waals surface area contributed by atoms with Crippen molar-refractivity contribution < 1.29 is 18.0 Å². The number of hydrogen-bond donors (Lipinski definition) is 2. The third-order valence-electron chi connectivity index (χ3n) is 5.02. The summed E-state index contributed by atoms with van der Waals surface area (Å²) in [5.74, 6) is -0.482. The van der Waals surface area contributed by atoms with Crippen molar-refractivity contribution in [2.75, 3.05) is 25.0 Å². The average molecular weight is 450 g/mol. The molecule has 2 amide bonds. The van der Waals surface area contributed by atoms with Gasteiger partial charge in [0.05, 0.1) is 15.5 Å². The Balaban J connectivity index is 1.56. The zero-order chi connectivity index (χ0) is 21.7. The number of rotatable bonds is 6. The number of piperidine rings is 1. The van der Waals surface area contributed by atoms with Crippen LogP contribution in [0.15, 0.2) is 53.4 Å². The lowest BCUT2D eigenvalue weighted by Gasteiger charge is -2.31. The summed E-state index contributed by atoms with van der Waals surface area (Å²) >= 11 is 6.11. The van der Waals surface area contributed by atoms with Crippen LogP contribution in [-0.4, -0.2) is 44.8 Å². The molecule has 1 heterocycles. The summed E-state index contributed by atoms with van der Waals surface area (Å²) in [5.41, 5.74) is 1.000. The van der Waals surface area contributed by atoms with E-state index in [1.54, 1.807) is 48.2 Å². The molecule has 3 rings (SSSR count). The fraction of sp³-hybridized carbons (Fsp3) is 0.333. The van der Waals surface area contributed by atoms with E-state index in [4.69, 9.17) is 11.6 Å². The fourth-order valence-electron chi connectivity index (χ4n) is 3.38. The van der Waals surface area contributed by atoms with E-state index in [1.807, 2.05) is 0 Å². The van der Waals surface area contributed by atoms with E-state index in [-0.39, 0.29) is 22.6 Å². The monoisotopic (exact) mass is 449 g/mol. The Kier molecular flexibility index (Phi) is 7.12. The van der Waals surface area contributed by atoms with Crippen LogP contribution in [0.5, 0.6) is 0 Å². The molecule has 1 saturated heterocycles. The molecule has 1 aliphatic heterocycles. The second-order valence-corrected chi connectivity index (χ2v) is 9.24. The second-order valence-electron chi connectivity index (χ2n) is 7.06. The molecule has 0 bridgehead atoms. The van der Waals surface area contributed by atoms with E-state index in [0.29, 0.717) is 48.7 Å². The molecule has 7 nitrogen and oxygen atoms in total. The third-order valence-corrected chi connectivity index (χ3v) is 6.91. The predicted molar refractivity (Wildman–Crippen MR) is 116 cm³/mol. The number of halogens is 1. The molecule has 0 saturated carbocycles. The van der Waals surface area contributed by atoms with Gasteiger partial charge in [0.15, 0.2) is 0 Å². The van der Waals surface area contributed by atoms with Crippen LogP contribution in [0.2, 0.25) is 5.02 Å². The normalized spacial score (nSPS) is 15.1. The Morgan fingerprint density at radius 2 is 1.70 bits per heavy atom. The minimum Gasteiger partial charge on any atom is -0.339 e. The summed E-state index contributed by atoms with van der Waals surface area (Å²) in [7, 11) is -3.53. The number of hydrogen-bond acceptors (Lipinski definition) is 4. The lowest BCUT2D eigenvalue weighted by molar-refractivity contribution is -0.121. The van der Waals surface area contributed by atoms with Crippen LogP contribution in [0.1, 0.15) is 30.1 Å². The molecular formula is C21H24ClN3O4S. The van der Waals surface area contributed by atoms with Gasteiger partial charge in [-0.3, -0.25) is 9.59 Å². The first-order valence-corrected chi connectivity index (χ1v) is 11.6. The summed E-state index contributed by atoms with van der Waals surface area (Å²) in [6.07, 6.45) is 1.10. The maximum Gasteiger partial charge on any atom is 0.255 e. The van der Waals surface area contributed by atoms with Gasteiger partial charge in [-0.05, 0) is 49.2 Å². The molecule has 30 heavy (non-hydrogen) atoms. The molecule has 0 atom stereocenters. The number of likely N-dealkylation sites (tertiary alicyclic amines) is 1. The van der Waals surface area contributed by atoms with E-state index >= 15 is 0 Å². The first-order chi connectivity index (χ1) is 14.3. The Labute approximate surface area is 181 Å². The number of nitrogens with zero attached hydrogens (tertiary/aromatic N) is 1. The molecule has 0 radical (unpaired) electrons. The third kappa shape index (κ3) is 5.19. The number of sulfonamides is 1. The molecule has 0 aromatic heterocycles. The van der Waals surface area contributed by atoms with Gasteiger partial charge in [-0.25, -0.2) is 13.1 Å². The summed E-state index contributed by atoms with van der Waals surface area (Å²) in [5, 5.41) is 3.25. The smallest absolute Gasteiger partial charge is 0.255 e. The molecule has 1 aliphatic rings. The van der Waals surface area contributed by atoms with Gasteiger partial charge in [0.1, 0.15) is 0 Å². The summed E-state index contributed by atoms with van der Waals surface area (Å²) in [6, 6.07) is 13.0. The molecule has 0 spiro atoms. The molecular weight excluding hydrogens is 426 g/mol. The van der Waals surface area contributed by atoms with Crippen molar-refractivity contribution in [2.45, 2.75) is 24.7 Å². The second kappa shape index (κ2) is 9.59. The molecule has 2 aromatic carbocycles. The maximum atomic E-state index is 12.6. The van der Waals surface area contributed by atoms with Crippen molar-refractivity contribution in [1.82, 2.24) is 9.62 Å². The van der Waals surface area contributed by atoms with Crippen LogP contribution in [0.25, 0.3) is 0 Å². The topological polar surface area (TPSA) is 95.6 Å². The van der Waals surface area contributed by atoms with Gasteiger partial charge >= 0.3 is 0 Å². The molecule has 2 N–H and O–H groups in total. The van der Waals surface area contributed by atoms with Gasteiger partial charge < -0.3 is 10.2 Å². The van der Waals surface area contributed by atoms with Crippen molar-refractivity contribution in [2.24, 2.45) is 5.92 Å². The lowest BCUT2D eigenvalue weighted by Crippen LogP contribution is -2.41. The molecule has 9 heteroatoms. The highest BCUT2D eigenvalue weighted by Gasteiger charge is 2.28. The van der Waals surface area contributed by atoms with E-state index < -0.39 is 10.0 Å². The molecule has 0 unspecified atom stereocenters. The number of benzene rings is 2. The Hall–Kier alpha value is -2.42. The van der Waals surface area contributed by atoms with Gasteiger partial charge in [-0.1, -0.05) is 30.7 Å². The molecule has 2 aromatic rings. The van der Waals surface area contributed by atoms with E-state index in [1.165, 1.54) is 12.1 Å². The molecule has 160 valence electrons. The zero-order valence-corrected chi connectivity index (χ0v) is 18.2. The molecule has 1 fully saturated rings. The standard InChI is InChI=1S/C21H24ClN3O4S/c1-2-23-30(28,29)17-9-7-16(8-10-17)24-20(26)15-11-13-25(14-12-15)21(27)18-5-3-4-6-19(18)22/h3-10,15,23H,2,11-14H2,1H3,(H,24,26). The van der Waals surface area contributed by atoms with Gasteiger partial charge in [0, 0.05) is 31.2 Å². The van der Waals surface area contributed by atoms with Crippen LogP contribution in [0.4, 0.5) is 5.69 Å². The van der Waals surface area contributed by atoms with Crippen molar-refractivity contribution in [3.63, 3.8) is 0 Å². The summed E-state index contributed by atoms with van der Waals surface area (Å²) in [6.45, 7) is 2.96. The highest BCUT2D eigenvalue weighted by atomic mass is 35.5. The molecule has 0 aliphatic carbocycles. The minimum atomic E-state index is -3.53. The number of anilines is 1. The Morgan fingerprint density at radius 3 is 2.30 bits per heavy atom. The first-order valence-electron chi connectivity index (χ1n) is 9.76. The number of nitrogens with one attached hydrogen (secondary N) is 2. The van der Waals surface area contributed by atoms with Gasteiger partial charge in [-0.2, -0.15) is 0 Å². The van der Waals surface area contributed by atoms with E-state index in [9.17, 15) is 18.0 Å². The van der Waals surface area contributed by atoms with Gasteiger partial charge in [0.25, 0.3) is 5.91 Å². The number of carbonyl (C=O) groups excluding carboxylic acids is 2. The maximum absolute atomic E-state index is 12.6. The van der Waals surface area contributed by atoms with Crippen molar-refractivity contribution in [3.8, 4) is 0 Å². The summed E-state index contributed by atoms with van der Waals surface area (Å²) < 4.78 is 26.4. The van der Waals surface area contributed by atoms with Crippen molar-refractivity contribution >= 4 is 39.1 Å². The average Bonchev–Trinajstić information content (AvgIpc) is 2.74. The Morgan fingerprint density at radius 1 is 1.07 bits per heavy atom. The highest BCUT2D eigenvalue weighted by molar-refractivity contribution is 7.89. The zero-order valence-electron chi connectivity index (χ0n) is 16.6.